The van der Waals surface area contributed by atoms with Crippen LogP contribution >= 0.6 is 0 Å². The molecular formula is C14H26N2. The first kappa shape index (κ1) is 12.1. The molecule has 2 aliphatic carbocycles. The van der Waals surface area contributed by atoms with E-state index in [4.69, 9.17) is 5.84 Å². The number of nitrogens with one attached hydrogen (secondary N) is 1. The molecule has 16 heavy (non-hydrogen) atoms. The van der Waals surface area contributed by atoms with Crippen molar-refractivity contribution in [2.24, 2.45) is 23.6 Å². The minimum atomic E-state index is 0.455. The van der Waals surface area contributed by atoms with Crippen LogP contribution in [0.5, 0.6) is 0 Å². The van der Waals surface area contributed by atoms with Crippen LogP contribution in [-0.4, -0.2) is 6.04 Å². The Balaban J connectivity index is 1.80. The number of hydrogen-bond acceptors (Lipinski definition) is 2. The second kappa shape index (κ2) is 5.33. The van der Waals surface area contributed by atoms with E-state index in [1.807, 2.05) is 0 Å². The van der Waals surface area contributed by atoms with Crippen molar-refractivity contribution in [1.82, 2.24) is 5.43 Å². The van der Waals surface area contributed by atoms with Gasteiger partial charge < -0.3 is 0 Å². The quantitative estimate of drug-likeness (QED) is 0.412. The Hall–Kier alpha value is -0.340. The highest BCUT2D eigenvalue weighted by Crippen LogP contribution is 2.50. The van der Waals surface area contributed by atoms with Crippen LogP contribution in [0.15, 0.2) is 12.2 Å². The fourth-order valence-corrected chi connectivity index (χ4v) is 3.73. The second-order valence-corrected chi connectivity index (χ2v) is 5.84. The SMILES string of the molecule is C=C(CC)CC(CC1CC2CCC1C2)NN. The molecule has 2 fully saturated rings. The van der Waals surface area contributed by atoms with Crippen molar-refractivity contribution in [3.63, 3.8) is 0 Å². The van der Waals surface area contributed by atoms with Gasteiger partial charge in [0.15, 0.2) is 0 Å². The molecule has 2 saturated carbocycles. The summed E-state index contributed by atoms with van der Waals surface area (Å²) in [6.45, 7) is 6.26. The van der Waals surface area contributed by atoms with Crippen molar-refractivity contribution in [2.75, 3.05) is 0 Å². The molecule has 0 aliphatic heterocycles. The Bertz CT molecular complexity index is 249. The molecule has 2 rings (SSSR count). The molecule has 92 valence electrons. The number of fused-ring (bicyclic) bond motifs is 2. The Labute approximate surface area is 99.6 Å². The minimum absolute atomic E-state index is 0.455. The van der Waals surface area contributed by atoms with Crippen LogP contribution in [0.1, 0.15) is 51.9 Å². The van der Waals surface area contributed by atoms with Crippen LogP contribution in [0.2, 0.25) is 0 Å². The summed E-state index contributed by atoms with van der Waals surface area (Å²) < 4.78 is 0. The van der Waals surface area contributed by atoms with E-state index in [0.29, 0.717) is 6.04 Å². The molecule has 2 nitrogen and oxygen atoms in total. The zero-order valence-electron chi connectivity index (χ0n) is 10.5. The van der Waals surface area contributed by atoms with E-state index < -0.39 is 0 Å². The third-order valence-electron chi connectivity index (χ3n) is 4.74. The summed E-state index contributed by atoms with van der Waals surface area (Å²) in [5.74, 6) is 8.65. The van der Waals surface area contributed by atoms with Gasteiger partial charge in [-0.1, -0.05) is 25.5 Å². The van der Waals surface area contributed by atoms with Crippen molar-refractivity contribution < 1.29 is 0 Å². The molecule has 2 aliphatic rings. The molecule has 0 radical (unpaired) electrons. The van der Waals surface area contributed by atoms with E-state index in [9.17, 15) is 0 Å². The van der Waals surface area contributed by atoms with Crippen LogP contribution < -0.4 is 11.3 Å². The highest BCUT2D eigenvalue weighted by molar-refractivity contribution is 4.98. The summed E-state index contributed by atoms with van der Waals surface area (Å²) in [6, 6.07) is 0.455. The van der Waals surface area contributed by atoms with Crippen molar-refractivity contribution in [3.8, 4) is 0 Å². The third kappa shape index (κ3) is 2.67. The van der Waals surface area contributed by atoms with Crippen LogP contribution in [0.3, 0.4) is 0 Å². The first-order valence-corrected chi connectivity index (χ1v) is 6.85. The molecule has 0 aromatic heterocycles. The van der Waals surface area contributed by atoms with Gasteiger partial charge >= 0.3 is 0 Å². The van der Waals surface area contributed by atoms with Gasteiger partial charge in [-0.2, -0.15) is 0 Å². The van der Waals surface area contributed by atoms with Crippen LogP contribution in [0.25, 0.3) is 0 Å². The van der Waals surface area contributed by atoms with Gasteiger partial charge in [-0.25, -0.2) is 0 Å². The third-order valence-corrected chi connectivity index (χ3v) is 4.74. The topological polar surface area (TPSA) is 38.0 Å². The molecule has 0 aromatic carbocycles. The van der Waals surface area contributed by atoms with Crippen LogP contribution in [0, 0.1) is 17.8 Å². The van der Waals surface area contributed by atoms with Crippen molar-refractivity contribution in [3.05, 3.63) is 12.2 Å². The van der Waals surface area contributed by atoms with Gasteiger partial charge in [-0.3, -0.25) is 11.3 Å². The Morgan fingerprint density at radius 2 is 2.25 bits per heavy atom. The van der Waals surface area contributed by atoms with Gasteiger partial charge in [0.05, 0.1) is 0 Å². The lowest BCUT2D eigenvalue weighted by Crippen LogP contribution is -2.37. The van der Waals surface area contributed by atoms with Crippen molar-refractivity contribution in [2.45, 2.75) is 57.9 Å². The highest BCUT2D eigenvalue weighted by Gasteiger charge is 2.39. The smallest absolute Gasteiger partial charge is 0.0250 e. The lowest BCUT2D eigenvalue weighted by molar-refractivity contribution is 0.277. The summed E-state index contributed by atoms with van der Waals surface area (Å²) in [6.07, 6.45) is 9.31. The summed E-state index contributed by atoms with van der Waals surface area (Å²) in [5.41, 5.74) is 4.32. The molecule has 0 saturated heterocycles. The van der Waals surface area contributed by atoms with Crippen molar-refractivity contribution >= 4 is 0 Å². The van der Waals surface area contributed by atoms with E-state index in [-0.39, 0.29) is 0 Å². The molecule has 4 atom stereocenters. The van der Waals surface area contributed by atoms with E-state index >= 15 is 0 Å². The predicted molar refractivity (Wildman–Crippen MR) is 68.7 cm³/mol. The number of rotatable bonds is 6. The van der Waals surface area contributed by atoms with Crippen LogP contribution in [0.4, 0.5) is 0 Å². The van der Waals surface area contributed by atoms with Gasteiger partial charge in [-0.05, 0) is 56.3 Å². The Morgan fingerprint density at radius 3 is 2.75 bits per heavy atom. The first-order valence-electron chi connectivity index (χ1n) is 6.85. The lowest BCUT2D eigenvalue weighted by atomic mass is 9.83. The summed E-state index contributed by atoms with van der Waals surface area (Å²) >= 11 is 0. The van der Waals surface area contributed by atoms with Gasteiger partial charge in [-0.15, -0.1) is 0 Å². The first-order chi connectivity index (χ1) is 7.72. The molecule has 0 heterocycles. The molecule has 0 aromatic rings. The standard InChI is InChI=1S/C14H26N2/c1-3-10(2)6-14(16-15)9-13-8-11-4-5-12(13)7-11/h11-14,16H,2-9,15H2,1H3. The Morgan fingerprint density at radius 1 is 1.44 bits per heavy atom. The monoisotopic (exact) mass is 222 g/mol. The van der Waals surface area contributed by atoms with Gasteiger partial charge in [0.25, 0.3) is 0 Å². The largest absolute Gasteiger partial charge is 0.271 e. The van der Waals surface area contributed by atoms with Gasteiger partial charge in [0.2, 0.25) is 0 Å². The normalized spacial score (nSPS) is 34.2. The minimum Gasteiger partial charge on any atom is -0.271 e. The highest BCUT2D eigenvalue weighted by atomic mass is 15.2. The molecule has 4 unspecified atom stereocenters. The zero-order chi connectivity index (χ0) is 11.5. The fourth-order valence-electron chi connectivity index (χ4n) is 3.73. The average molecular weight is 222 g/mol. The molecular weight excluding hydrogens is 196 g/mol. The summed E-state index contributed by atoms with van der Waals surface area (Å²) in [7, 11) is 0. The summed E-state index contributed by atoms with van der Waals surface area (Å²) in [4.78, 5) is 0. The maximum Gasteiger partial charge on any atom is 0.0250 e. The van der Waals surface area contributed by atoms with Crippen molar-refractivity contribution in [1.29, 1.82) is 0 Å². The molecule has 3 N–H and O–H groups in total. The zero-order valence-corrected chi connectivity index (χ0v) is 10.5. The van der Waals surface area contributed by atoms with Gasteiger partial charge in [0, 0.05) is 6.04 Å². The van der Waals surface area contributed by atoms with Crippen LogP contribution in [-0.2, 0) is 0 Å². The summed E-state index contributed by atoms with van der Waals surface area (Å²) in [5, 5.41) is 0. The van der Waals surface area contributed by atoms with E-state index in [0.717, 1.165) is 30.6 Å². The van der Waals surface area contributed by atoms with Gasteiger partial charge in [0.1, 0.15) is 0 Å². The maximum absolute atomic E-state index is 5.66. The number of hydrogen-bond donors (Lipinski definition) is 2. The molecule has 0 amide bonds. The number of hydrazine groups is 1. The van der Waals surface area contributed by atoms with E-state index in [1.54, 1.807) is 0 Å². The fraction of sp³-hybridized carbons (Fsp3) is 0.857. The Kier molecular flexibility index (Phi) is 4.04. The second-order valence-electron chi connectivity index (χ2n) is 5.84. The molecule has 2 heteroatoms. The van der Waals surface area contributed by atoms with E-state index in [2.05, 4.69) is 18.9 Å². The lowest BCUT2D eigenvalue weighted by Gasteiger charge is -2.26. The maximum atomic E-state index is 5.66. The number of nitrogens with two attached hydrogens (primary N) is 1. The average Bonchev–Trinajstić information content (AvgIpc) is 2.89. The van der Waals surface area contributed by atoms with E-state index in [1.165, 1.54) is 37.7 Å². The molecule has 2 bridgehead atoms. The predicted octanol–water partition coefficient (Wildman–Crippen LogP) is 3.00. The molecule has 0 spiro atoms.